The monoisotopic (exact) mass is 263 g/mol. The molecule has 1 saturated heterocycles. The average Bonchev–Trinajstić information content (AvgIpc) is 2.42. The highest BCUT2D eigenvalue weighted by Gasteiger charge is 2.33. The SMILES string of the molecule is Cc1ccccc1CN(C)CC1(CO)CCCOC1. The number of benzene rings is 1. The van der Waals surface area contributed by atoms with Crippen molar-refractivity contribution in [1.82, 2.24) is 4.90 Å². The van der Waals surface area contributed by atoms with Crippen LogP contribution in [0.25, 0.3) is 0 Å². The molecule has 106 valence electrons. The van der Waals surface area contributed by atoms with Crippen LogP contribution in [0.5, 0.6) is 0 Å². The van der Waals surface area contributed by atoms with Crippen molar-refractivity contribution in [1.29, 1.82) is 0 Å². The van der Waals surface area contributed by atoms with Gasteiger partial charge in [0, 0.05) is 25.1 Å². The van der Waals surface area contributed by atoms with Gasteiger partial charge in [-0.25, -0.2) is 0 Å². The number of rotatable bonds is 5. The molecule has 3 heteroatoms. The van der Waals surface area contributed by atoms with Crippen molar-refractivity contribution in [2.75, 3.05) is 33.4 Å². The van der Waals surface area contributed by atoms with Crippen LogP contribution in [0.4, 0.5) is 0 Å². The molecule has 2 rings (SSSR count). The Morgan fingerprint density at radius 2 is 2.16 bits per heavy atom. The molecule has 0 amide bonds. The molecule has 1 N–H and O–H groups in total. The number of nitrogens with zero attached hydrogens (tertiary/aromatic N) is 1. The molecule has 0 spiro atoms. The van der Waals surface area contributed by atoms with Crippen molar-refractivity contribution in [3.8, 4) is 0 Å². The van der Waals surface area contributed by atoms with E-state index in [1.807, 2.05) is 0 Å². The fourth-order valence-electron chi connectivity index (χ4n) is 2.92. The summed E-state index contributed by atoms with van der Waals surface area (Å²) in [7, 11) is 2.12. The molecule has 1 heterocycles. The Bertz CT molecular complexity index is 399. The maximum absolute atomic E-state index is 9.70. The second-order valence-electron chi connectivity index (χ2n) is 5.91. The Kier molecular flexibility index (Phi) is 4.97. The summed E-state index contributed by atoms with van der Waals surface area (Å²) in [6, 6.07) is 8.48. The molecular weight excluding hydrogens is 238 g/mol. The van der Waals surface area contributed by atoms with Gasteiger partial charge in [0.15, 0.2) is 0 Å². The van der Waals surface area contributed by atoms with Crippen molar-refractivity contribution in [2.45, 2.75) is 26.3 Å². The van der Waals surface area contributed by atoms with Crippen LogP contribution in [-0.2, 0) is 11.3 Å². The number of hydrogen-bond acceptors (Lipinski definition) is 3. The van der Waals surface area contributed by atoms with Gasteiger partial charge in [-0.15, -0.1) is 0 Å². The van der Waals surface area contributed by atoms with Gasteiger partial charge in [-0.3, -0.25) is 0 Å². The van der Waals surface area contributed by atoms with E-state index in [1.165, 1.54) is 11.1 Å². The van der Waals surface area contributed by atoms with Crippen molar-refractivity contribution in [3.05, 3.63) is 35.4 Å². The largest absolute Gasteiger partial charge is 0.396 e. The first-order chi connectivity index (χ1) is 9.15. The molecule has 1 aromatic carbocycles. The van der Waals surface area contributed by atoms with Crippen LogP contribution in [-0.4, -0.2) is 43.4 Å². The van der Waals surface area contributed by atoms with E-state index >= 15 is 0 Å². The van der Waals surface area contributed by atoms with Crippen molar-refractivity contribution < 1.29 is 9.84 Å². The van der Waals surface area contributed by atoms with Crippen LogP contribution in [0.3, 0.4) is 0 Å². The summed E-state index contributed by atoms with van der Waals surface area (Å²) in [5.41, 5.74) is 2.61. The molecule has 1 fully saturated rings. The first kappa shape index (κ1) is 14.5. The lowest BCUT2D eigenvalue weighted by molar-refractivity contribution is -0.0531. The topological polar surface area (TPSA) is 32.7 Å². The molecule has 0 bridgehead atoms. The van der Waals surface area contributed by atoms with E-state index in [0.717, 1.165) is 32.5 Å². The molecule has 0 radical (unpaired) electrons. The minimum Gasteiger partial charge on any atom is -0.396 e. The van der Waals surface area contributed by atoms with Crippen molar-refractivity contribution in [2.24, 2.45) is 5.41 Å². The third kappa shape index (κ3) is 3.78. The molecule has 0 aliphatic carbocycles. The summed E-state index contributed by atoms with van der Waals surface area (Å²) in [6.07, 6.45) is 2.11. The zero-order valence-corrected chi connectivity index (χ0v) is 12.1. The Morgan fingerprint density at radius 3 is 2.79 bits per heavy atom. The summed E-state index contributed by atoms with van der Waals surface area (Å²) in [6.45, 7) is 5.69. The molecule has 1 aromatic rings. The minimum atomic E-state index is -0.0737. The average molecular weight is 263 g/mol. The molecule has 1 unspecified atom stereocenters. The minimum absolute atomic E-state index is 0.0737. The second-order valence-corrected chi connectivity index (χ2v) is 5.91. The van der Waals surface area contributed by atoms with E-state index < -0.39 is 0 Å². The van der Waals surface area contributed by atoms with Crippen molar-refractivity contribution in [3.63, 3.8) is 0 Å². The van der Waals surface area contributed by atoms with Gasteiger partial charge in [0.05, 0.1) is 13.2 Å². The third-order valence-corrected chi connectivity index (χ3v) is 4.05. The third-order valence-electron chi connectivity index (χ3n) is 4.05. The lowest BCUT2D eigenvalue weighted by atomic mass is 9.83. The number of aliphatic hydroxyl groups excluding tert-OH is 1. The fraction of sp³-hybridized carbons (Fsp3) is 0.625. The standard InChI is InChI=1S/C16H25NO2/c1-14-6-3-4-7-15(14)10-17(2)11-16(12-18)8-5-9-19-13-16/h3-4,6-7,18H,5,8-13H2,1-2H3. The summed E-state index contributed by atoms with van der Waals surface area (Å²) >= 11 is 0. The first-order valence-corrected chi connectivity index (χ1v) is 7.07. The van der Waals surface area contributed by atoms with Crippen LogP contribution in [0.15, 0.2) is 24.3 Å². The number of aliphatic hydroxyl groups is 1. The zero-order chi connectivity index (χ0) is 13.7. The second kappa shape index (κ2) is 6.51. The summed E-state index contributed by atoms with van der Waals surface area (Å²) in [5, 5.41) is 9.70. The van der Waals surface area contributed by atoms with E-state index in [0.29, 0.717) is 6.61 Å². The van der Waals surface area contributed by atoms with E-state index in [9.17, 15) is 5.11 Å². The van der Waals surface area contributed by atoms with Crippen LogP contribution in [0.2, 0.25) is 0 Å². The highest BCUT2D eigenvalue weighted by Crippen LogP contribution is 2.29. The van der Waals surface area contributed by atoms with E-state index in [4.69, 9.17) is 4.74 Å². The fourth-order valence-corrected chi connectivity index (χ4v) is 2.92. The van der Waals surface area contributed by atoms with Gasteiger partial charge in [-0.1, -0.05) is 24.3 Å². The predicted octanol–water partition coefficient (Wildman–Crippen LogP) is 2.22. The van der Waals surface area contributed by atoms with Gasteiger partial charge in [0.1, 0.15) is 0 Å². The first-order valence-electron chi connectivity index (χ1n) is 7.07. The molecule has 1 atom stereocenters. The van der Waals surface area contributed by atoms with Crippen LogP contribution in [0, 0.1) is 12.3 Å². The maximum atomic E-state index is 9.70. The molecule has 3 nitrogen and oxygen atoms in total. The van der Waals surface area contributed by atoms with E-state index in [-0.39, 0.29) is 12.0 Å². The Labute approximate surface area is 116 Å². The summed E-state index contributed by atoms with van der Waals surface area (Å²) in [4.78, 5) is 2.30. The molecular formula is C16H25NO2. The quantitative estimate of drug-likeness (QED) is 0.884. The van der Waals surface area contributed by atoms with Gasteiger partial charge in [-0.2, -0.15) is 0 Å². The van der Waals surface area contributed by atoms with E-state index in [2.05, 4.69) is 43.1 Å². The van der Waals surface area contributed by atoms with Crippen molar-refractivity contribution >= 4 is 0 Å². The van der Waals surface area contributed by atoms with Crippen LogP contribution < -0.4 is 0 Å². The highest BCUT2D eigenvalue weighted by molar-refractivity contribution is 5.25. The van der Waals surface area contributed by atoms with Gasteiger partial charge in [0.2, 0.25) is 0 Å². The Morgan fingerprint density at radius 1 is 1.37 bits per heavy atom. The number of hydrogen-bond donors (Lipinski definition) is 1. The number of ether oxygens (including phenoxy) is 1. The molecule has 1 aliphatic rings. The maximum Gasteiger partial charge on any atom is 0.0556 e. The summed E-state index contributed by atoms with van der Waals surface area (Å²) in [5.74, 6) is 0. The lowest BCUT2D eigenvalue weighted by Gasteiger charge is -2.38. The highest BCUT2D eigenvalue weighted by atomic mass is 16.5. The molecule has 0 saturated carbocycles. The zero-order valence-electron chi connectivity index (χ0n) is 12.1. The van der Waals surface area contributed by atoms with Gasteiger partial charge in [0.25, 0.3) is 0 Å². The van der Waals surface area contributed by atoms with Crippen LogP contribution >= 0.6 is 0 Å². The Hall–Kier alpha value is -0.900. The lowest BCUT2D eigenvalue weighted by Crippen LogP contribution is -2.44. The van der Waals surface area contributed by atoms with Gasteiger partial charge >= 0.3 is 0 Å². The Balaban J connectivity index is 1.96. The molecule has 19 heavy (non-hydrogen) atoms. The van der Waals surface area contributed by atoms with Crippen LogP contribution in [0.1, 0.15) is 24.0 Å². The molecule has 1 aliphatic heterocycles. The normalized spacial score (nSPS) is 23.8. The predicted molar refractivity (Wildman–Crippen MR) is 77.1 cm³/mol. The number of aryl methyl sites for hydroxylation is 1. The summed E-state index contributed by atoms with van der Waals surface area (Å²) < 4.78 is 5.56. The van der Waals surface area contributed by atoms with E-state index in [1.54, 1.807) is 0 Å². The molecule has 0 aromatic heterocycles. The van der Waals surface area contributed by atoms with Gasteiger partial charge in [-0.05, 0) is 37.9 Å². The smallest absolute Gasteiger partial charge is 0.0556 e. The van der Waals surface area contributed by atoms with Gasteiger partial charge < -0.3 is 14.7 Å².